The molecule has 0 bridgehead atoms. The van der Waals surface area contributed by atoms with E-state index in [2.05, 4.69) is 0 Å². The number of amides is 1. The van der Waals surface area contributed by atoms with E-state index in [-0.39, 0.29) is 5.91 Å². The maximum atomic E-state index is 11.1. The number of rotatable bonds is 2. The van der Waals surface area contributed by atoms with Crippen molar-refractivity contribution in [1.82, 2.24) is 4.90 Å². The van der Waals surface area contributed by atoms with Crippen LogP contribution in [0.5, 0.6) is 0 Å². The summed E-state index contributed by atoms with van der Waals surface area (Å²) in [5.74, 6) is 0.0150. The van der Waals surface area contributed by atoms with Gasteiger partial charge in [0, 0.05) is 20.2 Å². The van der Waals surface area contributed by atoms with E-state index in [4.69, 9.17) is 0 Å². The summed E-state index contributed by atoms with van der Waals surface area (Å²) in [6.45, 7) is 0. The molecule has 3 heteroatoms. The Morgan fingerprint density at radius 3 is 2.83 bits per heavy atom. The number of nitrogens with zero attached hydrogens (tertiary/aromatic N) is 1. The second-order valence-corrected chi connectivity index (χ2v) is 3.40. The van der Waals surface area contributed by atoms with Gasteiger partial charge in [-0.25, -0.2) is 0 Å². The molecule has 0 aliphatic carbocycles. The average molecular weight is 181 g/mol. The van der Waals surface area contributed by atoms with E-state index in [1.807, 2.05) is 22.9 Å². The van der Waals surface area contributed by atoms with Crippen molar-refractivity contribution in [2.24, 2.45) is 0 Å². The minimum absolute atomic E-state index is 0.0150. The van der Waals surface area contributed by atoms with Crippen LogP contribution in [-0.4, -0.2) is 24.9 Å². The molecule has 0 aromatic carbocycles. The summed E-state index contributed by atoms with van der Waals surface area (Å²) < 4.78 is 0. The van der Waals surface area contributed by atoms with Crippen molar-refractivity contribution >= 4 is 23.3 Å². The lowest BCUT2D eigenvalue weighted by Gasteiger charge is -2.04. The first-order valence-electron chi connectivity index (χ1n) is 3.61. The van der Waals surface area contributed by atoms with Crippen molar-refractivity contribution in [3.8, 4) is 0 Å². The lowest BCUT2D eigenvalue weighted by atomic mass is 10.3. The van der Waals surface area contributed by atoms with Gasteiger partial charge in [-0.3, -0.25) is 4.79 Å². The molecule has 1 rings (SSSR count). The van der Waals surface area contributed by atoms with Crippen molar-refractivity contribution in [3.63, 3.8) is 0 Å². The van der Waals surface area contributed by atoms with Crippen LogP contribution < -0.4 is 0 Å². The molecule has 12 heavy (non-hydrogen) atoms. The second-order valence-electron chi connectivity index (χ2n) is 2.62. The third-order valence-corrected chi connectivity index (χ3v) is 2.10. The molecule has 64 valence electrons. The molecule has 0 spiro atoms. The highest BCUT2D eigenvalue weighted by atomic mass is 32.1. The summed E-state index contributed by atoms with van der Waals surface area (Å²) in [7, 11) is 3.47. The average Bonchev–Trinajstić information content (AvgIpc) is 2.51. The predicted molar refractivity (Wildman–Crippen MR) is 52.0 cm³/mol. The fourth-order valence-corrected chi connectivity index (χ4v) is 1.31. The molecule has 1 heterocycles. The van der Waals surface area contributed by atoms with E-state index in [1.165, 1.54) is 0 Å². The van der Waals surface area contributed by atoms with Gasteiger partial charge in [0.1, 0.15) is 0 Å². The minimum Gasteiger partial charge on any atom is -0.345 e. The van der Waals surface area contributed by atoms with Gasteiger partial charge in [0.15, 0.2) is 0 Å². The van der Waals surface area contributed by atoms with Gasteiger partial charge in [-0.05, 0) is 28.5 Å². The first kappa shape index (κ1) is 9.00. The van der Waals surface area contributed by atoms with E-state index >= 15 is 0 Å². The van der Waals surface area contributed by atoms with Crippen LogP contribution in [0.1, 0.15) is 5.56 Å². The van der Waals surface area contributed by atoms with Gasteiger partial charge < -0.3 is 4.90 Å². The van der Waals surface area contributed by atoms with Gasteiger partial charge in [0.2, 0.25) is 5.91 Å². The highest BCUT2D eigenvalue weighted by Crippen LogP contribution is 2.07. The standard InChI is InChI=1S/C9H11NOS/c1-10(2)9(11)4-3-8-5-6-12-7-8/h3-7H,1-2H3. The van der Waals surface area contributed by atoms with Crippen LogP contribution in [-0.2, 0) is 4.79 Å². The number of hydrogen-bond donors (Lipinski definition) is 0. The molecule has 0 unspecified atom stereocenters. The number of hydrogen-bond acceptors (Lipinski definition) is 2. The smallest absolute Gasteiger partial charge is 0.246 e. The van der Waals surface area contributed by atoms with Crippen LogP contribution in [0.15, 0.2) is 22.9 Å². The highest BCUT2D eigenvalue weighted by Gasteiger charge is 1.96. The monoisotopic (exact) mass is 181 g/mol. The Bertz CT molecular complexity index is 275. The van der Waals surface area contributed by atoms with Crippen LogP contribution in [0.25, 0.3) is 6.08 Å². The van der Waals surface area contributed by atoms with Crippen molar-refractivity contribution in [2.75, 3.05) is 14.1 Å². The molecule has 1 amide bonds. The molecule has 2 nitrogen and oxygen atoms in total. The maximum absolute atomic E-state index is 11.1. The van der Waals surface area contributed by atoms with E-state index in [9.17, 15) is 4.79 Å². The molecule has 0 aliphatic rings. The fourth-order valence-electron chi connectivity index (χ4n) is 0.686. The topological polar surface area (TPSA) is 20.3 Å². The maximum Gasteiger partial charge on any atom is 0.246 e. The van der Waals surface area contributed by atoms with Gasteiger partial charge in [-0.15, -0.1) is 0 Å². The Labute approximate surface area is 76.1 Å². The number of carbonyl (C=O) groups excluding carboxylic acids is 1. The lowest BCUT2D eigenvalue weighted by molar-refractivity contribution is -0.123. The Morgan fingerprint density at radius 1 is 1.58 bits per heavy atom. The zero-order chi connectivity index (χ0) is 8.97. The van der Waals surface area contributed by atoms with Gasteiger partial charge >= 0.3 is 0 Å². The second kappa shape index (κ2) is 4.07. The summed E-state index contributed by atoms with van der Waals surface area (Å²) in [5.41, 5.74) is 1.08. The summed E-state index contributed by atoms with van der Waals surface area (Å²) >= 11 is 1.62. The van der Waals surface area contributed by atoms with Crippen molar-refractivity contribution < 1.29 is 4.79 Å². The SMILES string of the molecule is CN(C)C(=O)C=Cc1ccsc1. The molecule has 1 aromatic heterocycles. The molecule has 0 fully saturated rings. The number of carbonyl (C=O) groups is 1. The quantitative estimate of drug-likeness (QED) is 0.638. The largest absolute Gasteiger partial charge is 0.345 e. The predicted octanol–water partition coefficient (Wildman–Crippen LogP) is 1.85. The molecule has 0 aliphatic heterocycles. The normalized spacial score (nSPS) is 10.5. The van der Waals surface area contributed by atoms with Gasteiger partial charge in [0.05, 0.1) is 0 Å². The van der Waals surface area contributed by atoms with Crippen molar-refractivity contribution in [1.29, 1.82) is 0 Å². The lowest BCUT2D eigenvalue weighted by Crippen LogP contribution is -2.18. The third kappa shape index (κ3) is 2.51. The third-order valence-electron chi connectivity index (χ3n) is 1.40. The van der Waals surface area contributed by atoms with Crippen molar-refractivity contribution in [2.45, 2.75) is 0 Å². The van der Waals surface area contributed by atoms with Gasteiger partial charge in [-0.2, -0.15) is 11.3 Å². The van der Waals surface area contributed by atoms with Crippen molar-refractivity contribution in [3.05, 3.63) is 28.5 Å². The highest BCUT2D eigenvalue weighted by molar-refractivity contribution is 7.08. The van der Waals surface area contributed by atoms with E-state index in [0.29, 0.717) is 0 Å². The fraction of sp³-hybridized carbons (Fsp3) is 0.222. The zero-order valence-corrected chi connectivity index (χ0v) is 7.97. The Morgan fingerprint density at radius 2 is 2.33 bits per heavy atom. The minimum atomic E-state index is 0.0150. The van der Waals surface area contributed by atoms with Crippen LogP contribution >= 0.6 is 11.3 Å². The van der Waals surface area contributed by atoms with Gasteiger partial charge in [-0.1, -0.05) is 0 Å². The number of likely N-dealkylation sites (N-methyl/N-ethyl adjacent to an activating group) is 1. The first-order chi connectivity index (χ1) is 5.70. The summed E-state index contributed by atoms with van der Waals surface area (Å²) in [6, 6.07) is 1.98. The summed E-state index contributed by atoms with van der Waals surface area (Å²) in [5, 5.41) is 3.99. The molecular formula is C9H11NOS. The number of thiophene rings is 1. The molecule has 1 aromatic rings. The Balaban J connectivity index is 2.57. The molecule has 0 saturated carbocycles. The van der Waals surface area contributed by atoms with Crippen LogP contribution in [0.2, 0.25) is 0 Å². The molecule has 0 radical (unpaired) electrons. The molecule has 0 atom stereocenters. The molecule has 0 N–H and O–H groups in total. The van der Waals surface area contributed by atoms with E-state index in [0.717, 1.165) is 5.56 Å². The molecular weight excluding hydrogens is 170 g/mol. The van der Waals surface area contributed by atoms with E-state index in [1.54, 1.807) is 36.4 Å². The molecule has 0 saturated heterocycles. The zero-order valence-electron chi connectivity index (χ0n) is 7.15. The van der Waals surface area contributed by atoms with Crippen LogP contribution in [0, 0.1) is 0 Å². The van der Waals surface area contributed by atoms with Crippen LogP contribution in [0.4, 0.5) is 0 Å². The summed E-state index contributed by atoms with van der Waals surface area (Å²) in [6.07, 6.45) is 3.39. The van der Waals surface area contributed by atoms with E-state index < -0.39 is 0 Å². The van der Waals surface area contributed by atoms with Crippen LogP contribution in [0.3, 0.4) is 0 Å². The Hall–Kier alpha value is -1.09. The Kier molecular flexibility index (Phi) is 3.05. The summed E-state index contributed by atoms with van der Waals surface area (Å²) in [4.78, 5) is 12.6. The van der Waals surface area contributed by atoms with Gasteiger partial charge in [0.25, 0.3) is 0 Å². The first-order valence-corrected chi connectivity index (χ1v) is 4.56.